The van der Waals surface area contributed by atoms with E-state index in [9.17, 15) is 0 Å². The first-order valence-corrected chi connectivity index (χ1v) is 12.8. The number of hydrogen-bond acceptors (Lipinski definition) is 4. The van der Waals surface area contributed by atoms with Gasteiger partial charge in [-0.1, -0.05) is 66.2 Å². The fourth-order valence-electron chi connectivity index (χ4n) is 2.80. The van der Waals surface area contributed by atoms with Crippen molar-refractivity contribution in [2.24, 2.45) is 9.98 Å². The Balaban J connectivity index is 0.000000913. The summed E-state index contributed by atoms with van der Waals surface area (Å²) in [5.74, 6) is 1.24. The minimum absolute atomic E-state index is 0.194. The van der Waals surface area contributed by atoms with Crippen molar-refractivity contribution in [3.8, 4) is 0 Å². The number of halogens is 2. The molecule has 0 saturated heterocycles. The zero-order valence-electron chi connectivity index (χ0n) is 17.3. The number of nitrogens with zero attached hydrogens (tertiary/aromatic N) is 5. The molecule has 0 saturated carbocycles. The molecule has 3 aromatic carbocycles. The molecule has 0 radical (unpaired) electrons. The Morgan fingerprint density at radius 3 is 2.03 bits per heavy atom. The summed E-state index contributed by atoms with van der Waals surface area (Å²) in [7, 11) is 9.53. The second-order valence-corrected chi connectivity index (χ2v) is 8.53. The first-order valence-electron chi connectivity index (χ1n) is 9.72. The summed E-state index contributed by atoms with van der Waals surface area (Å²) in [4.78, 5) is 13.6. The van der Waals surface area contributed by atoms with Gasteiger partial charge >= 0.3 is 33.3 Å². The quantitative estimate of drug-likeness (QED) is 0.221. The molecule has 1 heterocycles. The first kappa shape index (κ1) is 23.9. The Morgan fingerprint density at radius 2 is 1.38 bits per heavy atom. The number of benzene rings is 3. The van der Waals surface area contributed by atoms with Crippen LogP contribution in [0, 0.1) is 6.92 Å². The topological polar surface area (TPSA) is 55.4 Å². The molecule has 0 N–H and O–H groups in total. The fourth-order valence-corrected chi connectivity index (χ4v) is 2.80. The molecule has 0 aliphatic heterocycles. The summed E-state index contributed by atoms with van der Waals surface area (Å²) in [5.41, 5.74) is 4.09. The summed E-state index contributed by atoms with van der Waals surface area (Å²) in [6, 6.07) is 28.0. The van der Waals surface area contributed by atoms with E-state index in [4.69, 9.17) is 20.2 Å². The van der Waals surface area contributed by atoms with Crippen molar-refractivity contribution >= 4 is 44.0 Å². The normalized spacial score (nSPS) is 11.1. The number of para-hydroxylation sites is 1. The van der Waals surface area contributed by atoms with Crippen molar-refractivity contribution in [2.45, 2.75) is 13.5 Å². The molecule has 0 fully saturated rings. The van der Waals surface area contributed by atoms with E-state index in [2.05, 4.69) is 39.1 Å². The predicted molar refractivity (Wildman–Crippen MR) is 129 cm³/mol. The van der Waals surface area contributed by atoms with Crippen LogP contribution in [0.25, 0.3) is 0 Å². The Bertz CT molecular complexity index is 1140. The van der Waals surface area contributed by atoms with Gasteiger partial charge in [-0.3, -0.25) is 9.98 Å². The van der Waals surface area contributed by atoms with Gasteiger partial charge in [0.25, 0.3) is 0 Å². The van der Waals surface area contributed by atoms with E-state index >= 15 is 0 Å². The molecule has 4 rings (SSSR count). The Labute approximate surface area is 202 Å². The van der Waals surface area contributed by atoms with E-state index in [0.29, 0.717) is 18.2 Å². The van der Waals surface area contributed by atoms with Gasteiger partial charge in [-0.2, -0.15) is 0 Å². The molecule has 0 aliphatic carbocycles. The summed E-state index contributed by atoms with van der Waals surface area (Å²) in [6.07, 6.45) is 3.43. The van der Waals surface area contributed by atoms with E-state index < -0.39 is 0 Å². The molecule has 32 heavy (non-hydrogen) atoms. The number of aryl methyl sites for hydroxylation is 1. The van der Waals surface area contributed by atoms with Gasteiger partial charge in [-0.25, -0.2) is 9.67 Å². The van der Waals surface area contributed by atoms with E-state index in [1.54, 1.807) is 12.4 Å². The third kappa shape index (κ3) is 7.74. The van der Waals surface area contributed by atoms with Crippen molar-refractivity contribution in [3.63, 3.8) is 0 Å². The van der Waals surface area contributed by atoms with Gasteiger partial charge in [-0.15, -0.1) is 5.10 Å². The van der Waals surface area contributed by atoms with Gasteiger partial charge in [0.15, 0.2) is 11.6 Å². The molecule has 0 aliphatic rings. The second-order valence-electron chi connectivity index (χ2n) is 6.71. The van der Waals surface area contributed by atoms with Gasteiger partial charge < -0.3 is 0 Å². The van der Waals surface area contributed by atoms with E-state index in [0.717, 1.165) is 16.9 Å². The number of aromatic nitrogens is 3. The van der Waals surface area contributed by atoms with Crippen molar-refractivity contribution in [3.05, 3.63) is 108 Å². The van der Waals surface area contributed by atoms with Gasteiger partial charge in [-0.05, 0) is 36.8 Å². The van der Waals surface area contributed by atoms with Crippen molar-refractivity contribution in [2.75, 3.05) is 0 Å². The van der Waals surface area contributed by atoms with E-state index in [1.165, 1.54) is 5.56 Å². The number of rotatable bonds is 6. The molecule has 0 amide bonds. The van der Waals surface area contributed by atoms with Gasteiger partial charge in [0.05, 0.1) is 30.3 Å². The van der Waals surface area contributed by atoms with Gasteiger partial charge in [0.2, 0.25) is 0 Å². The van der Waals surface area contributed by atoms with Crippen LogP contribution in [0.15, 0.2) is 94.9 Å². The average Bonchev–Trinajstić information content (AvgIpc) is 3.20. The molecule has 164 valence electrons. The summed E-state index contributed by atoms with van der Waals surface area (Å²) < 4.78 is 1.85. The van der Waals surface area contributed by atoms with Crippen LogP contribution in [-0.4, -0.2) is 27.2 Å². The number of hydrogen-bond donors (Lipinski definition) is 0. The standard InChI is InChI=1S/C24H21N5.2ClH.Fe/c1-19-12-14-22(15-13-19)25-16-23-27-24(17-26-21-10-6-3-7-11-21)29(28-23)18-20-8-4-2-5-9-20;;;/h2-17H,18H2,1H3;2*1H;/q;;;+2/p-2. The zero-order chi connectivity index (χ0) is 22.6. The van der Waals surface area contributed by atoms with Crippen molar-refractivity contribution < 1.29 is 13.1 Å². The second kappa shape index (κ2) is 12.9. The third-order valence-corrected chi connectivity index (χ3v) is 4.34. The fraction of sp³-hybridized carbons (Fsp3) is 0.0833. The van der Waals surface area contributed by atoms with Crippen LogP contribution >= 0.6 is 20.2 Å². The predicted octanol–water partition coefficient (Wildman–Crippen LogP) is 6.51. The molecule has 0 spiro atoms. The summed E-state index contributed by atoms with van der Waals surface area (Å²) in [5, 5.41) is 4.62. The first-order chi connectivity index (χ1) is 15.7. The van der Waals surface area contributed by atoms with Crippen LogP contribution in [0.2, 0.25) is 0 Å². The Hall–Kier alpha value is -2.76. The van der Waals surface area contributed by atoms with Crippen LogP contribution in [0.4, 0.5) is 11.4 Å². The van der Waals surface area contributed by atoms with Crippen LogP contribution in [0.3, 0.4) is 0 Å². The van der Waals surface area contributed by atoms with Crippen molar-refractivity contribution in [1.29, 1.82) is 0 Å². The van der Waals surface area contributed by atoms with Crippen molar-refractivity contribution in [1.82, 2.24) is 14.8 Å². The SMILES string of the molecule is Cc1ccc(N=Cc2nc(C=Nc3ccccc3)n(Cc3ccccc3)n2)cc1.[Cl][Fe][Cl]. The molecule has 0 atom stereocenters. The van der Waals surface area contributed by atoms with Gasteiger partial charge in [0.1, 0.15) is 0 Å². The summed E-state index contributed by atoms with van der Waals surface area (Å²) in [6.45, 7) is 2.67. The molecule has 8 heteroatoms. The molecule has 5 nitrogen and oxygen atoms in total. The van der Waals surface area contributed by atoms with Gasteiger partial charge in [0, 0.05) is 0 Å². The van der Waals surface area contributed by atoms with E-state index in [1.807, 2.05) is 77.5 Å². The maximum absolute atomic E-state index is 4.76. The molecular formula is C24H21Cl2FeN5. The maximum atomic E-state index is 4.76. The van der Waals surface area contributed by atoms with Crippen LogP contribution in [0.5, 0.6) is 0 Å². The van der Waals surface area contributed by atoms with Crippen LogP contribution in [0.1, 0.15) is 22.8 Å². The molecule has 0 unspecified atom stereocenters. The molecule has 4 aromatic rings. The third-order valence-electron chi connectivity index (χ3n) is 4.34. The zero-order valence-corrected chi connectivity index (χ0v) is 19.9. The minimum atomic E-state index is 0.194. The Morgan fingerprint density at radius 1 is 0.812 bits per heavy atom. The molecular weight excluding hydrogens is 485 g/mol. The van der Waals surface area contributed by atoms with Crippen LogP contribution in [-0.2, 0) is 19.7 Å². The average molecular weight is 506 g/mol. The van der Waals surface area contributed by atoms with E-state index in [-0.39, 0.29) is 13.1 Å². The number of aliphatic imine (C=N–C) groups is 2. The Kier molecular flexibility index (Phi) is 9.66. The monoisotopic (exact) mass is 505 g/mol. The van der Waals surface area contributed by atoms with Crippen LogP contribution < -0.4 is 0 Å². The molecule has 1 aromatic heterocycles. The molecule has 0 bridgehead atoms. The summed E-state index contributed by atoms with van der Waals surface area (Å²) >= 11 is 0.194.